The number of hydrogen-bond acceptors (Lipinski definition) is 2. The van der Waals surface area contributed by atoms with E-state index in [0.717, 1.165) is 19.6 Å². The van der Waals surface area contributed by atoms with E-state index in [9.17, 15) is 0 Å². The van der Waals surface area contributed by atoms with Gasteiger partial charge in [-0.15, -0.1) is 0 Å². The monoisotopic (exact) mass is 176 g/mol. The van der Waals surface area contributed by atoms with E-state index in [4.69, 9.17) is 5.73 Å². The predicted molar refractivity (Wildman–Crippen MR) is 56.0 cm³/mol. The summed E-state index contributed by atoms with van der Waals surface area (Å²) in [7, 11) is 0. The minimum absolute atomic E-state index is 0.744. The third-order valence-corrected chi connectivity index (χ3v) is 2.61. The summed E-state index contributed by atoms with van der Waals surface area (Å²) in [5.74, 6) is 0. The quantitative estimate of drug-likeness (QED) is 0.738. The van der Waals surface area contributed by atoms with Crippen LogP contribution in [0, 0.1) is 0 Å². The molecule has 1 aliphatic rings. The highest BCUT2D eigenvalue weighted by molar-refractivity contribution is 5.55. The first kappa shape index (κ1) is 8.57. The zero-order valence-electron chi connectivity index (χ0n) is 7.87. The standard InChI is InChI=1S/C11H16N2/c12-7-9-13-8-3-5-10-4-1-2-6-11(10)13/h1-2,4,6H,3,5,7-9,12H2. The van der Waals surface area contributed by atoms with Crippen molar-refractivity contribution in [3.8, 4) is 0 Å². The Balaban J connectivity index is 2.26. The van der Waals surface area contributed by atoms with Crippen molar-refractivity contribution >= 4 is 5.69 Å². The van der Waals surface area contributed by atoms with Crippen molar-refractivity contribution in [2.75, 3.05) is 24.5 Å². The molecule has 1 aliphatic heterocycles. The van der Waals surface area contributed by atoms with Crippen LogP contribution in [0.1, 0.15) is 12.0 Å². The van der Waals surface area contributed by atoms with E-state index in [-0.39, 0.29) is 0 Å². The molecule has 2 N–H and O–H groups in total. The molecule has 1 aromatic carbocycles. The molecular weight excluding hydrogens is 160 g/mol. The summed E-state index contributed by atoms with van der Waals surface area (Å²) in [6, 6.07) is 8.64. The molecule has 0 aliphatic carbocycles. The maximum atomic E-state index is 5.57. The minimum Gasteiger partial charge on any atom is -0.370 e. The highest BCUT2D eigenvalue weighted by Crippen LogP contribution is 2.25. The van der Waals surface area contributed by atoms with Gasteiger partial charge in [-0.25, -0.2) is 0 Å². The largest absolute Gasteiger partial charge is 0.370 e. The lowest BCUT2D eigenvalue weighted by Gasteiger charge is -2.30. The van der Waals surface area contributed by atoms with E-state index in [0.29, 0.717) is 0 Å². The van der Waals surface area contributed by atoms with Gasteiger partial charge in [-0.1, -0.05) is 18.2 Å². The van der Waals surface area contributed by atoms with Crippen molar-refractivity contribution in [2.24, 2.45) is 5.73 Å². The zero-order chi connectivity index (χ0) is 9.10. The van der Waals surface area contributed by atoms with Crippen LogP contribution < -0.4 is 10.6 Å². The Morgan fingerprint density at radius 3 is 3.00 bits per heavy atom. The molecule has 70 valence electrons. The molecule has 13 heavy (non-hydrogen) atoms. The van der Waals surface area contributed by atoms with E-state index in [1.54, 1.807) is 0 Å². The fraction of sp³-hybridized carbons (Fsp3) is 0.455. The van der Waals surface area contributed by atoms with Gasteiger partial charge in [0.15, 0.2) is 0 Å². The second-order valence-electron chi connectivity index (χ2n) is 3.51. The van der Waals surface area contributed by atoms with Crippen molar-refractivity contribution < 1.29 is 0 Å². The molecule has 0 aromatic heterocycles. The summed E-state index contributed by atoms with van der Waals surface area (Å²) in [6.07, 6.45) is 2.48. The van der Waals surface area contributed by atoms with Crippen LogP contribution in [0.15, 0.2) is 24.3 Å². The van der Waals surface area contributed by atoms with Gasteiger partial charge >= 0.3 is 0 Å². The molecule has 1 heterocycles. The molecule has 2 heteroatoms. The van der Waals surface area contributed by atoms with Gasteiger partial charge in [-0.2, -0.15) is 0 Å². The Bertz CT molecular complexity index is 283. The van der Waals surface area contributed by atoms with Crippen LogP contribution in [0.5, 0.6) is 0 Å². The van der Waals surface area contributed by atoms with Crippen molar-refractivity contribution in [3.05, 3.63) is 29.8 Å². The fourth-order valence-corrected chi connectivity index (χ4v) is 2.00. The molecule has 1 aromatic rings. The first-order valence-electron chi connectivity index (χ1n) is 4.95. The summed E-state index contributed by atoms with van der Waals surface area (Å²) >= 11 is 0. The molecule has 0 atom stereocenters. The number of nitrogens with two attached hydrogens (primary N) is 1. The van der Waals surface area contributed by atoms with Gasteiger partial charge in [0.25, 0.3) is 0 Å². The van der Waals surface area contributed by atoms with Crippen LogP contribution in [0.25, 0.3) is 0 Å². The molecule has 0 bridgehead atoms. The highest BCUT2D eigenvalue weighted by atomic mass is 15.1. The second-order valence-corrected chi connectivity index (χ2v) is 3.51. The highest BCUT2D eigenvalue weighted by Gasteiger charge is 2.14. The van der Waals surface area contributed by atoms with Gasteiger partial charge in [0.1, 0.15) is 0 Å². The molecule has 0 radical (unpaired) electrons. The first-order valence-corrected chi connectivity index (χ1v) is 4.95. The maximum Gasteiger partial charge on any atom is 0.0399 e. The van der Waals surface area contributed by atoms with Gasteiger partial charge < -0.3 is 10.6 Å². The maximum absolute atomic E-state index is 5.57. The Morgan fingerprint density at radius 2 is 2.15 bits per heavy atom. The zero-order valence-corrected chi connectivity index (χ0v) is 7.87. The molecule has 0 amide bonds. The van der Waals surface area contributed by atoms with Crippen molar-refractivity contribution in [3.63, 3.8) is 0 Å². The van der Waals surface area contributed by atoms with Gasteiger partial charge in [0.2, 0.25) is 0 Å². The average Bonchev–Trinajstić information content (AvgIpc) is 2.19. The second kappa shape index (κ2) is 3.79. The third kappa shape index (κ3) is 1.68. The summed E-state index contributed by atoms with van der Waals surface area (Å²) in [6.45, 7) is 2.89. The topological polar surface area (TPSA) is 29.3 Å². The van der Waals surface area contributed by atoms with Gasteiger partial charge in [0.05, 0.1) is 0 Å². The van der Waals surface area contributed by atoms with Gasteiger partial charge in [-0.05, 0) is 24.5 Å². The molecule has 2 nitrogen and oxygen atoms in total. The van der Waals surface area contributed by atoms with E-state index in [1.807, 2.05) is 0 Å². The van der Waals surface area contributed by atoms with Crippen LogP contribution in [0.4, 0.5) is 5.69 Å². The number of benzene rings is 1. The Hall–Kier alpha value is -1.02. The van der Waals surface area contributed by atoms with Gasteiger partial charge in [-0.3, -0.25) is 0 Å². The smallest absolute Gasteiger partial charge is 0.0399 e. The van der Waals surface area contributed by atoms with E-state index in [1.165, 1.54) is 24.1 Å². The minimum atomic E-state index is 0.744. The first-order chi connectivity index (χ1) is 6.42. The number of anilines is 1. The molecule has 0 unspecified atom stereocenters. The number of fused-ring (bicyclic) bond motifs is 1. The lowest BCUT2D eigenvalue weighted by atomic mass is 10.0. The van der Waals surface area contributed by atoms with Crippen molar-refractivity contribution in [1.82, 2.24) is 0 Å². The Morgan fingerprint density at radius 1 is 1.31 bits per heavy atom. The van der Waals surface area contributed by atoms with Crippen molar-refractivity contribution in [1.29, 1.82) is 0 Å². The summed E-state index contributed by atoms with van der Waals surface area (Å²) < 4.78 is 0. The molecule has 0 fully saturated rings. The normalized spacial score (nSPS) is 15.6. The van der Waals surface area contributed by atoms with Crippen LogP contribution in [0.2, 0.25) is 0 Å². The number of nitrogens with zero attached hydrogens (tertiary/aromatic N) is 1. The van der Waals surface area contributed by atoms with Crippen LogP contribution in [-0.4, -0.2) is 19.6 Å². The molecule has 0 saturated carbocycles. The van der Waals surface area contributed by atoms with Gasteiger partial charge in [0, 0.05) is 25.3 Å². The van der Waals surface area contributed by atoms with E-state index >= 15 is 0 Å². The summed E-state index contributed by atoms with van der Waals surface area (Å²) in [5, 5.41) is 0. The Kier molecular flexibility index (Phi) is 2.50. The fourth-order valence-electron chi connectivity index (χ4n) is 2.00. The average molecular weight is 176 g/mol. The number of rotatable bonds is 2. The molecule has 2 rings (SSSR count). The third-order valence-electron chi connectivity index (χ3n) is 2.61. The number of para-hydroxylation sites is 1. The predicted octanol–water partition coefficient (Wildman–Crippen LogP) is 1.40. The Labute approximate surface area is 79.4 Å². The number of hydrogen-bond donors (Lipinski definition) is 1. The van der Waals surface area contributed by atoms with E-state index in [2.05, 4.69) is 29.2 Å². The lowest BCUT2D eigenvalue weighted by molar-refractivity contribution is 0.692. The van der Waals surface area contributed by atoms with Crippen LogP contribution in [-0.2, 0) is 6.42 Å². The summed E-state index contributed by atoms with van der Waals surface area (Å²) in [5.41, 5.74) is 8.44. The van der Waals surface area contributed by atoms with E-state index < -0.39 is 0 Å². The molecular formula is C11H16N2. The SMILES string of the molecule is NCCN1CCCc2ccccc21. The number of aryl methyl sites for hydroxylation is 1. The molecule has 0 spiro atoms. The lowest BCUT2D eigenvalue weighted by Crippen LogP contribution is -2.33. The van der Waals surface area contributed by atoms with Crippen LogP contribution in [0.3, 0.4) is 0 Å². The summed E-state index contributed by atoms with van der Waals surface area (Å²) in [4.78, 5) is 2.39. The van der Waals surface area contributed by atoms with Crippen molar-refractivity contribution in [2.45, 2.75) is 12.8 Å². The van der Waals surface area contributed by atoms with Crippen LogP contribution >= 0.6 is 0 Å². The molecule has 0 saturated heterocycles.